The van der Waals surface area contributed by atoms with Crippen LogP contribution in [0.25, 0.3) is 11.0 Å². The number of para-hydroxylation sites is 2. The molecule has 1 heterocycles. The van der Waals surface area contributed by atoms with Gasteiger partial charge < -0.3 is 10.2 Å². The van der Waals surface area contributed by atoms with Gasteiger partial charge in [0.2, 0.25) is 5.91 Å². The first-order valence-corrected chi connectivity index (χ1v) is 10.3. The van der Waals surface area contributed by atoms with E-state index in [1.165, 1.54) is 12.8 Å². The zero-order chi connectivity index (χ0) is 20.4. The van der Waals surface area contributed by atoms with Crippen LogP contribution in [0.15, 0.2) is 24.3 Å². The van der Waals surface area contributed by atoms with Gasteiger partial charge in [0.1, 0.15) is 0 Å². The molecule has 0 unspecified atom stereocenters. The second kappa shape index (κ2) is 11.2. The number of nitrogens with zero attached hydrogens (tertiary/aromatic N) is 4. The number of nitriles is 1. The standard InChI is InChI=1S/C22H31N5O/c1-4-7-8-11-17(5-2)27(16-24-21(28)6-3)22-20(14-15-23)25-18-12-9-10-13-19(18)26-22/h9-10,12-13,17H,4-8,11,14,16H2,1-3H3,(H,24,28)/t17-/m0/s1. The second-order valence-electron chi connectivity index (χ2n) is 6.96. The molecule has 1 aromatic heterocycles. The van der Waals surface area contributed by atoms with Gasteiger partial charge in [-0.2, -0.15) is 5.26 Å². The van der Waals surface area contributed by atoms with Crippen molar-refractivity contribution in [3.05, 3.63) is 30.0 Å². The van der Waals surface area contributed by atoms with Gasteiger partial charge in [-0.3, -0.25) is 4.79 Å². The molecule has 1 amide bonds. The summed E-state index contributed by atoms with van der Waals surface area (Å²) in [4.78, 5) is 23.6. The molecule has 2 aromatic rings. The van der Waals surface area contributed by atoms with Gasteiger partial charge in [0.05, 0.1) is 35.9 Å². The van der Waals surface area contributed by atoms with Crippen LogP contribution in [0, 0.1) is 11.3 Å². The molecule has 6 heteroatoms. The Balaban J connectivity index is 2.45. The Morgan fingerprint density at radius 3 is 2.50 bits per heavy atom. The van der Waals surface area contributed by atoms with Crippen molar-refractivity contribution >= 4 is 22.8 Å². The molecule has 1 atom stereocenters. The van der Waals surface area contributed by atoms with Gasteiger partial charge in [-0.05, 0) is 25.0 Å². The number of rotatable bonds is 11. The fraction of sp³-hybridized carbons (Fsp3) is 0.545. The predicted octanol–water partition coefficient (Wildman–Crippen LogP) is 4.34. The second-order valence-corrected chi connectivity index (χ2v) is 6.96. The molecular weight excluding hydrogens is 350 g/mol. The highest BCUT2D eigenvalue weighted by Crippen LogP contribution is 2.25. The summed E-state index contributed by atoms with van der Waals surface area (Å²) >= 11 is 0. The van der Waals surface area contributed by atoms with E-state index in [1.807, 2.05) is 31.2 Å². The Morgan fingerprint density at radius 2 is 1.89 bits per heavy atom. The normalized spacial score (nSPS) is 11.8. The Bertz CT molecular complexity index is 814. The van der Waals surface area contributed by atoms with Crippen molar-refractivity contribution < 1.29 is 4.79 Å². The lowest BCUT2D eigenvalue weighted by Gasteiger charge is -2.33. The van der Waals surface area contributed by atoms with E-state index in [-0.39, 0.29) is 18.4 Å². The molecule has 0 aliphatic rings. The molecule has 2 rings (SSSR count). The van der Waals surface area contributed by atoms with Crippen LogP contribution in [0.1, 0.15) is 65.0 Å². The smallest absolute Gasteiger partial charge is 0.221 e. The summed E-state index contributed by atoms with van der Waals surface area (Å²) in [6, 6.07) is 10.1. The third-order valence-corrected chi connectivity index (χ3v) is 4.96. The molecule has 0 saturated carbocycles. The number of unbranched alkanes of at least 4 members (excludes halogenated alkanes) is 2. The minimum absolute atomic E-state index is 0.00370. The molecule has 0 radical (unpaired) electrons. The molecule has 150 valence electrons. The van der Waals surface area contributed by atoms with E-state index in [0.717, 1.165) is 30.3 Å². The lowest BCUT2D eigenvalue weighted by Crippen LogP contribution is -2.44. The fourth-order valence-corrected chi connectivity index (χ4v) is 3.34. The highest BCUT2D eigenvalue weighted by Gasteiger charge is 2.23. The first-order chi connectivity index (χ1) is 13.6. The van der Waals surface area contributed by atoms with E-state index in [9.17, 15) is 10.1 Å². The molecule has 0 bridgehead atoms. The van der Waals surface area contributed by atoms with Crippen molar-refractivity contribution in [2.75, 3.05) is 11.6 Å². The highest BCUT2D eigenvalue weighted by atomic mass is 16.1. The molecular formula is C22H31N5O. The van der Waals surface area contributed by atoms with Crippen LogP contribution >= 0.6 is 0 Å². The first kappa shape index (κ1) is 21.6. The van der Waals surface area contributed by atoms with Gasteiger partial charge in [0.15, 0.2) is 5.82 Å². The quantitative estimate of drug-likeness (QED) is 0.462. The van der Waals surface area contributed by atoms with Crippen molar-refractivity contribution in [3.8, 4) is 6.07 Å². The van der Waals surface area contributed by atoms with Crippen LogP contribution in [0.4, 0.5) is 5.82 Å². The zero-order valence-electron chi connectivity index (χ0n) is 17.2. The lowest BCUT2D eigenvalue weighted by molar-refractivity contribution is -0.120. The van der Waals surface area contributed by atoms with Crippen LogP contribution in [0.2, 0.25) is 0 Å². The van der Waals surface area contributed by atoms with E-state index < -0.39 is 0 Å². The van der Waals surface area contributed by atoms with E-state index >= 15 is 0 Å². The molecule has 6 nitrogen and oxygen atoms in total. The van der Waals surface area contributed by atoms with Gasteiger partial charge in [0.25, 0.3) is 0 Å². The zero-order valence-corrected chi connectivity index (χ0v) is 17.2. The maximum absolute atomic E-state index is 11.9. The maximum Gasteiger partial charge on any atom is 0.221 e. The highest BCUT2D eigenvalue weighted by molar-refractivity contribution is 5.77. The van der Waals surface area contributed by atoms with Crippen molar-refractivity contribution in [2.45, 2.75) is 71.8 Å². The summed E-state index contributed by atoms with van der Waals surface area (Å²) in [5.41, 5.74) is 2.25. The number of hydrogen-bond donors (Lipinski definition) is 1. The number of aromatic nitrogens is 2. The molecule has 0 fully saturated rings. The number of carbonyl (C=O) groups excluding carboxylic acids is 1. The number of nitrogens with one attached hydrogen (secondary N) is 1. The molecule has 1 aromatic carbocycles. The largest absolute Gasteiger partial charge is 0.339 e. The topological polar surface area (TPSA) is 81.9 Å². The summed E-state index contributed by atoms with van der Waals surface area (Å²) in [5, 5.41) is 12.3. The van der Waals surface area contributed by atoms with E-state index in [2.05, 4.69) is 30.1 Å². The molecule has 0 spiro atoms. The predicted molar refractivity (Wildman–Crippen MR) is 113 cm³/mol. The van der Waals surface area contributed by atoms with Crippen molar-refractivity contribution in [1.29, 1.82) is 5.26 Å². The third-order valence-electron chi connectivity index (χ3n) is 4.96. The summed E-state index contributed by atoms with van der Waals surface area (Å²) < 4.78 is 0. The minimum atomic E-state index is 0.00370. The number of anilines is 1. The Kier molecular flexibility index (Phi) is 8.67. The van der Waals surface area contributed by atoms with Crippen LogP contribution in [-0.4, -0.2) is 28.6 Å². The third kappa shape index (κ3) is 5.66. The van der Waals surface area contributed by atoms with E-state index in [0.29, 0.717) is 24.6 Å². The Morgan fingerprint density at radius 1 is 1.18 bits per heavy atom. The van der Waals surface area contributed by atoms with Gasteiger partial charge in [-0.25, -0.2) is 9.97 Å². The van der Waals surface area contributed by atoms with Crippen molar-refractivity contribution in [1.82, 2.24) is 15.3 Å². The van der Waals surface area contributed by atoms with Crippen LogP contribution < -0.4 is 10.2 Å². The summed E-state index contributed by atoms with van der Waals surface area (Å²) in [5.74, 6) is 0.712. The van der Waals surface area contributed by atoms with Crippen LogP contribution in [0.5, 0.6) is 0 Å². The van der Waals surface area contributed by atoms with E-state index in [4.69, 9.17) is 9.97 Å². The van der Waals surface area contributed by atoms with Gasteiger partial charge in [-0.15, -0.1) is 0 Å². The monoisotopic (exact) mass is 381 g/mol. The summed E-state index contributed by atoms with van der Waals surface area (Å²) in [7, 11) is 0. The Hall–Kier alpha value is -2.68. The molecule has 1 N–H and O–H groups in total. The SMILES string of the molecule is CCCCC[C@H](CC)N(CNC(=O)CC)c1nc2ccccc2nc1CC#N. The first-order valence-electron chi connectivity index (χ1n) is 10.3. The Labute approximate surface area is 168 Å². The van der Waals surface area contributed by atoms with Crippen LogP contribution in [-0.2, 0) is 11.2 Å². The molecule has 0 aliphatic carbocycles. The van der Waals surface area contributed by atoms with Gasteiger partial charge >= 0.3 is 0 Å². The summed E-state index contributed by atoms with van der Waals surface area (Å²) in [6.07, 6.45) is 6.06. The molecule has 28 heavy (non-hydrogen) atoms. The summed E-state index contributed by atoms with van der Waals surface area (Å²) in [6.45, 7) is 6.57. The van der Waals surface area contributed by atoms with Crippen LogP contribution in [0.3, 0.4) is 0 Å². The van der Waals surface area contributed by atoms with Gasteiger partial charge in [-0.1, -0.05) is 52.2 Å². The average Bonchev–Trinajstić information content (AvgIpc) is 2.72. The molecule has 0 aliphatic heterocycles. The number of carbonyl (C=O) groups is 1. The number of hydrogen-bond acceptors (Lipinski definition) is 5. The van der Waals surface area contributed by atoms with Gasteiger partial charge in [0, 0.05) is 12.5 Å². The molecule has 0 saturated heterocycles. The fourth-order valence-electron chi connectivity index (χ4n) is 3.34. The number of fused-ring (bicyclic) bond motifs is 1. The maximum atomic E-state index is 11.9. The van der Waals surface area contributed by atoms with Crippen molar-refractivity contribution in [3.63, 3.8) is 0 Å². The average molecular weight is 382 g/mol. The minimum Gasteiger partial charge on any atom is -0.339 e. The number of amides is 1. The number of benzene rings is 1. The lowest BCUT2D eigenvalue weighted by atomic mass is 10.0. The van der Waals surface area contributed by atoms with E-state index in [1.54, 1.807) is 0 Å². The van der Waals surface area contributed by atoms with Crippen molar-refractivity contribution in [2.24, 2.45) is 0 Å².